The minimum Gasteiger partial charge on any atom is -0.379 e. The summed E-state index contributed by atoms with van der Waals surface area (Å²) in [7, 11) is 0. The van der Waals surface area contributed by atoms with E-state index >= 15 is 0 Å². The second kappa shape index (κ2) is 7.80. The number of carbonyl (C=O) groups is 1. The Hall–Kier alpha value is -0.860. The summed E-state index contributed by atoms with van der Waals surface area (Å²) in [4.78, 5) is 13.8. The molecule has 1 rings (SSSR count). The molecule has 8 heteroatoms. The van der Waals surface area contributed by atoms with E-state index in [4.69, 9.17) is 4.74 Å². The summed E-state index contributed by atoms with van der Waals surface area (Å²) in [6.07, 6.45) is -5.54. The quantitative estimate of drug-likeness (QED) is 0.788. The Kier molecular flexibility index (Phi) is 6.70. The van der Waals surface area contributed by atoms with Crippen LogP contribution < -0.4 is 5.32 Å². The zero-order chi connectivity index (χ0) is 15.2. The van der Waals surface area contributed by atoms with Crippen molar-refractivity contribution in [2.24, 2.45) is 0 Å². The van der Waals surface area contributed by atoms with Gasteiger partial charge in [0.1, 0.15) is 12.7 Å². The molecule has 1 aliphatic heterocycles. The normalized spacial score (nSPS) is 20.4. The van der Waals surface area contributed by atoms with Crippen molar-refractivity contribution in [2.45, 2.75) is 32.2 Å². The summed E-state index contributed by atoms with van der Waals surface area (Å²) in [5.41, 5.74) is 0. The van der Waals surface area contributed by atoms with E-state index < -0.39 is 24.8 Å². The Morgan fingerprint density at radius 1 is 1.35 bits per heavy atom. The highest BCUT2D eigenvalue weighted by Gasteiger charge is 2.30. The van der Waals surface area contributed by atoms with Gasteiger partial charge >= 0.3 is 6.18 Å². The second-order valence-corrected chi connectivity index (χ2v) is 4.81. The van der Waals surface area contributed by atoms with Gasteiger partial charge in [0.2, 0.25) is 5.91 Å². The smallest absolute Gasteiger partial charge is 0.379 e. The highest BCUT2D eigenvalue weighted by molar-refractivity contribution is 5.80. The van der Waals surface area contributed by atoms with Crippen molar-refractivity contribution in [3.63, 3.8) is 0 Å². The van der Waals surface area contributed by atoms with Crippen molar-refractivity contribution < 1.29 is 27.4 Å². The molecule has 118 valence electrons. The molecule has 0 aromatic rings. The lowest BCUT2D eigenvalue weighted by atomic mass is 10.2. The number of hydrogen-bond acceptors (Lipinski definition) is 4. The van der Waals surface area contributed by atoms with E-state index in [1.54, 1.807) is 0 Å². The fourth-order valence-corrected chi connectivity index (χ4v) is 1.83. The molecule has 20 heavy (non-hydrogen) atoms. The van der Waals surface area contributed by atoms with E-state index in [0.29, 0.717) is 19.8 Å². The highest BCUT2D eigenvalue weighted by atomic mass is 19.4. The van der Waals surface area contributed by atoms with E-state index in [1.807, 2.05) is 6.92 Å². The van der Waals surface area contributed by atoms with Crippen LogP contribution in [0.4, 0.5) is 13.2 Å². The first-order chi connectivity index (χ1) is 9.29. The molecule has 5 nitrogen and oxygen atoms in total. The van der Waals surface area contributed by atoms with Gasteiger partial charge in [-0.3, -0.25) is 9.69 Å². The van der Waals surface area contributed by atoms with Crippen LogP contribution >= 0.6 is 0 Å². The van der Waals surface area contributed by atoms with Crippen LogP contribution in [0.1, 0.15) is 13.8 Å². The molecule has 0 bridgehead atoms. The van der Waals surface area contributed by atoms with Gasteiger partial charge in [0.05, 0.1) is 13.2 Å². The third-order valence-electron chi connectivity index (χ3n) is 3.11. The topological polar surface area (TPSA) is 50.8 Å². The van der Waals surface area contributed by atoms with Gasteiger partial charge < -0.3 is 14.8 Å². The van der Waals surface area contributed by atoms with Crippen LogP contribution in [0.25, 0.3) is 0 Å². The van der Waals surface area contributed by atoms with Crippen molar-refractivity contribution in [1.29, 1.82) is 0 Å². The first kappa shape index (κ1) is 17.2. The number of nitrogens with zero attached hydrogens (tertiary/aromatic N) is 1. The Morgan fingerprint density at radius 2 is 1.95 bits per heavy atom. The van der Waals surface area contributed by atoms with E-state index in [1.165, 1.54) is 6.92 Å². The van der Waals surface area contributed by atoms with Gasteiger partial charge in [0, 0.05) is 25.7 Å². The van der Waals surface area contributed by atoms with E-state index in [2.05, 4.69) is 15.0 Å². The average Bonchev–Trinajstić information content (AvgIpc) is 2.41. The summed E-state index contributed by atoms with van der Waals surface area (Å²) in [6.45, 7) is 5.10. The molecular weight excluding hydrogens is 277 g/mol. The molecule has 1 saturated heterocycles. The Morgan fingerprint density at radius 3 is 2.50 bits per heavy atom. The molecule has 1 fully saturated rings. The lowest BCUT2D eigenvalue weighted by Gasteiger charge is -2.32. The lowest BCUT2D eigenvalue weighted by Crippen LogP contribution is -2.48. The van der Waals surface area contributed by atoms with Crippen LogP contribution in [-0.2, 0) is 14.3 Å². The summed E-state index contributed by atoms with van der Waals surface area (Å²) >= 11 is 0. The fourth-order valence-electron chi connectivity index (χ4n) is 1.83. The van der Waals surface area contributed by atoms with Crippen LogP contribution in [0.3, 0.4) is 0 Å². The summed E-state index contributed by atoms with van der Waals surface area (Å²) < 4.78 is 45.6. The molecule has 1 aliphatic rings. The molecule has 0 radical (unpaired) electrons. The monoisotopic (exact) mass is 298 g/mol. The largest absolute Gasteiger partial charge is 0.411 e. The first-order valence-electron chi connectivity index (χ1n) is 6.57. The van der Waals surface area contributed by atoms with Crippen LogP contribution in [0, 0.1) is 0 Å². The van der Waals surface area contributed by atoms with Crippen molar-refractivity contribution in [3.05, 3.63) is 0 Å². The molecule has 0 unspecified atom stereocenters. The molecule has 2 atom stereocenters. The number of carbonyl (C=O) groups excluding carboxylic acids is 1. The molecule has 1 heterocycles. The highest BCUT2D eigenvalue weighted by Crippen LogP contribution is 2.15. The van der Waals surface area contributed by atoms with Gasteiger partial charge in [-0.1, -0.05) is 0 Å². The lowest BCUT2D eigenvalue weighted by molar-refractivity contribution is -0.185. The number of alkyl halides is 3. The predicted octanol–water partition coefficient (Wildman–Crippen LogP) is 0.791. The Balaban J connectivity index is 2.24. The minimum atomic E-state index is -4.42. The SMILES string of the molecule is C[C@H](OCC(F)(F)F)C(=O)NC[C@H](C)N1CCOCC1. The maximum absolute atomic E-state index is 12.0. The van der Waals surface area contributed by atoms with E-state index in [0.717, 1.165) is 13.1 Å². The number of amides is 1. The third kappa shape index (κ3) is 6.53. The van der Waals surface area contributed by atoms with Crippen LogP contribution in [0.2, 0.25) is 0 Å². The number of halogens is 3. The maximum Gasteiger partial charge on any atom is 0.411 e. The van der Waals surface area contributed by atoms with Crippen LogP contribution in [0.5, 0.6) is 0 Å². The standard InChI is InChI=1S/C12H21F3N2O3/c1-9(17-3-5-19-6-4-17)7-16-11(18)10(2)20-8-12(13,14)15/h9-10H,3-8H2,1-2H3,(H,16,18)/t9-,10-/m0/s1. The summed E-state index contributed by atoms with van der Waals surface area (Å²) in [5.74, 6) is -0.533. The van der Waals surface area contributed by atoms with Gasteiger partial charge in [0.15, 0.2) is 0 Å². The van der Waals surface area contributed by atoms with Crippen LogP contribution in [-0.4, -0.2) is 68.6 Å². The molecule has 0 aliphatic carbocycles. The Labute approximate surface area is 116 Å². The second-order valence-electron chi connectivity index (χ2n) is 4.81. The minimum absolute atomic E-state index is 0.109. The molecule has 1 N–H and O–H groups in total. The van der Waals surface area contributed by atoms with Crippen LogP contribution in [0.15, 0.2) is 0 Å². The number of ether oxygens (including phenoxy) is 2. The number of hydrogen-bond donors (Lipinski definition) is 1. The number of morpholine rings is 1. The van der Waals surface area contributed by atoms with Gasteiger partial charge in [-0.2, -0.15) is 13.2 Å². The molecule has 0 aromatic carbocycles. The molecule has 1 amide bonds. The van der Waals surface area contributed by atoms with Gasteiger partial charge in [-0.15, -0.1) is 0 Å². The Bertz CT molecular complexity index is 307. The van der Waals surface area contributed by atoms with Crippen molar-refractivity contribution >= 4 is 5.91 Å². The fraction of sp³-hybridized carbons (Fsp3) is 0.917. The van der Waals surface area contributed by atoms with E-state index in [9.17, 15) is 18.0 Å². The van der Waals surface area contributed by atoms with E-state index in [-0.39, 0.29) is 6.04 Å². The number of rotatable bonds is 6. The zero-order valence-corrected chi connectivity index (χ0v) is 11.7. The first-order valence-corrected chi connectivity index (χ1v) is 6.57. The maximum atomic E-state index is 12.0. The van der Waals surface area contributed by atoms with Crippen molar-refractivity contribution in [2.75, 3.05) is 39.5 Å². The molecule has 0 saturated carbocycles. The predicted molar refractivity (Wildman–Crippen MR) is 66.3 cm³/mol. The van der Waals surface area contributed by atoms with Crippen molar-refractivity contribution in [1.82, 2.24) is 10.2 Å². The zero-order valence-electron chi connectivity index (χ0n) is 11.7. The molecular formula is C12H21F3N2O3. The molecule has 0 aromatic heterocycles. The van der Waals surface area contributed by atoms with Crippen molar-refractivity contribution in [3.8, 4) is 0 Å². The average molecular weight is 298 g/mol. The number of nitrogens with one attached hydrogen (secondary N) is 1. The molecule has 0 spiro atoms. The van der Waals surface area contributed by atoms with Gasteiger partial charge in [-0.25, -0.2) is 0 Å². The third-order valence-corrected chi connectivity index (χ3v) is 3.11. The summed E-state index contributed by atoms with van der Waals surface area (Å²) in [6, 6.07) is 0.109. The van der Waals surface area contributed by atoms with Gasteiger partial charge in [-0.05, 0) is 13.8 Å². The van der Waals surface area contributed by atoms with Gasteiger partial charge in [0.25, 0.3) is 0 Å². The summed E-state index contributed by atoms with van der Waals surface area (Å²) in [5, 5.41) is 2.60.